The van der Waals surface area contributed by atoms with E-state index < -0.39 is 0 Å². The molecule has 3 heteroatoms. The lowest BCUT2D eigenvalue weighted by molar-refractivity contribution is 0.660. The van der Waals surface area contributed by atoms with E-state index in [1.54, 1.807) is 0 Å². The minimum Gasteiger partial charge on any atom is -0.455 e. The van der Waals surface area contributed by atoms with E-state index in [0.717, 1.165) is 71.7 Å². The zero-order valence-corrected chi connectivity index (χ0v) is 28.8. The fourth-order valence-electron chi connectivity index (χ4n) is 8.73. The maximum atomic E-state index is 6.87. The van der Waals surface area contributed by atoms with Crippen LogP contribution in [0.2, 0.25) is 0 Å². The van der Waals surface area contributed by atoms with Crippen molar-refractivity contribution in [1.29, 1.82) is 0 Å². The van der Waals surface area contributed by atoms with E-state index in [9.17, 15) is 0 Å². The van der Waals surface area contributed by atoms with Crippen LogP contribution < -0.4 is 0 Å². The summed E-state index contributed by atoms with van der Waals surface area (Å²) in [5.41, 5.74) is 15.3. The number of nitrogens with zero attached hydrogens (tertiary/aromatic N) is 2. The van der Waals surface area contributed by atoms with E-state index in [0.29, 0.717) is 0 Å². The van der Waals surface area contributed by atoms with Crippen molar-refractivity contribution in [3.8, 4) is 44.6 Å². The lowest BCUT2D eigenvalue weighted by Crippen LogP contribution is -2.14. The Morgan fingerprint density at radius 1 is 0.423 bits per heavy atom. The monoisotopic (exact) mass is 664 g/mol. The second kappa shape index (κ2) is 10.7. The van der Waals surface area contributed by atoms with Crippen molar-refractivity contribution in [2.75, 3.05) is 0 Å². The Balaban J connectivity index is 1.00. The van der Waals surface area contributed by atoms with Crippen molar-refractivity contribution >= 4 is 54.5 Å². The van der Waals surface area contributed by atoms with Gasteiger partial charge in [-0.15, -0.1) is 0 Å². The molecule has 0 spiro atoms. The van der Waals surface area contributed by atoms with E-state index in [2.05, 4.69) is 166 Å². The molecular weight excluding hydrogens is 633 g/mol. The molecule has 0 fully saturated rings. The van der Waals surface area contributed by atoms with Gasteiger partial charge >= 0.3 is 0 Å². The Bertz CT molecular complexity index is 3060. The summed E-state index contributed by atoms with van der Waals surface area (Å²) in [6, 6.07) is 54.3. The number of para-hydroxylation sites is 2. The Kier molecular flexibility index (Phi) is 6.01. The predicted molar refractivity (Wildman–Crippen MR) is 216 cm³/mol. The highest BCUT2D eigenvalue weighted by Gasteiger charge is 2.35. The van der Waals surface area contributed by atoms with Gasteiger partial charge in [0.25, 0.3) is 0 Å². The fourth-order valence-corrected chi connectivity index (χ4v) is 8.73. The van der Waals surface area contributed by atoms with E-state index in [4.69, 9.17) is 14.4 Å². The van der Waals surface area contributed by atoms with Crippen LogP contribution in [-0.2, 0) is 5.41 Å². The third-order valence-corrected chi connectivity index (χ3v) is 11.3. The number of furan rings is 1. The van der Waals surface area contributed by atoms with Crippen LogP contribution in [-0.4, -0.2) is 9.97 Å². The Labute approximate surface area is 300 Å². The first-order valence-corrected chi connectivity index (χ1v) is 17.9. The van der Waals surface area contributed by atoms with Crippen molar-refractivity contribution in [3.05, 3.63) is 169 Å². The van der Waals surface area contributed by atoms with Gasteiger partial charge in [0.05, 0.1) is 22.9 Å². The topological polar surface area (TPSA) is 38.9 Å². The lowest BCUT2D eigenvalue weighted by atomic mass is 9.81. The maximum Gasteiger partial charge on any atom is 0.143 e. The van der Waals surface area contributed by atoms with Gasteiger partial charge in [-0.3, -0.25) is 4.98 Å². The first-order chi connectivity index (χ1) is 25.5. The summed E-state index contributed by atoms with van der Waals surface area (Å²) < 4.78 is 6.87. The van der Waals surface area contributed by atoms with Crippen molar-refractivity contribution in [2.24, 2.45) is 0 Å². The van der Waals surface area contributed by atoms with Crippen molar-refractivity contribution in [2.45, 2.75) is 19.3 Å². The highest BCUT2D eigenvalue weighted by atomic mass is 16.3. The average molecular weight is 665 g/mol. The van der Waals surface area contributed by atoms with Crippen molar-refractivity contribution in [3.63, 3.8) is 0 Å². The molecule has 2 aromatic heterocycles. The van der Waals surface area contributed by atoms with E-state index in [1.165, 1.54) is 38.6 Å². The van der Waals surface area contributed by atoms with Crippen LogP contribution in [0, 0.1) is 0 Å². The molecule has 10 aromatic rings. The summed E-state index contributed by atoms with van der Waals surface area (Å²) in [5.74, 6) is 0. The quantitative estimate of drug-likeness (QED) is 0.176. The minimum atomic E-state index is -0.0658. The summed E-state index contributed by atoms with van der Waals surface area (Å²) in [5, 5.41) is 6.88. The van der Waals surface area contributed by atoms with Crippen LogP contribution in [0.3, 0.4) is 0 Å². The number of benzene rings is 8. The van der Waals surface area contributed by atoms with Crippen LogP contribution >= 0.6 is 0 Å². The molecule has 244 valence electrons. The van der Waals surface area contributed by atoms with Crippen molar-refractivity contribution in [1.82, 2.24) is 9.97 Å². The molecule has 0 saturated heterocycles. The third-order valence-electron chi connectivity index (χ3n) is 11.3. The first-order valence-electron chi connectivity index (χ1n) is 17.9. The summed E-state index contributed by atoms with van der Waals surface area (Å²) >= 11 is 0. The second-order valence-corrected chi connectivity index (χ2v) is 14.5. The molecule has 0 amide bonds. The molecule has 1 aliphatic rings. The van der Waals surface area contributed by atoms with Gasteiger partial charge in [0.15, 0.2) is 0 Å². The van der Waals surface area contributed by atoms with E-state index >= 15 is 0 Å². The second-order valence-electron chi connectivity index (χ2n) is 14.5. The summed E-state index contributed by atoms with van der Waals surface area (Å²) in [4.78, 5) is 10.2. The number of aromatic nitrogens is 2. The maximum absolute atomic E-state index is 6.87. The molecule has 11 rings (SSSR count). The molecule has 0 radical (unpaired) electrons. The van der Waals surface area contributed by atoms with Gasteiger partial charge < -0.3 is 4.42 Å². The van der Waals surface area contributed by atoms with E-state index in [-0.39, 0.29) is 5.41 Å². The standard InChI is InChI=1S/C49H32N2O/c1-49(2)42-20-8-7-13-36(42)37-26-25-31(27-43(37)49)33-17-10-19-41-40-18-9-16-32(47(40)52-48(33)41)29-21-23-30(24-22-29)44-28-50-45-38-14-5-3-11-34(38)35-12-4-6-15-39(35)46(45)51-44/h3-28H,1-2H3. The molecule has 0 atom stereocenters. The normalized spacial score (nSPS) is 13.3. The number of rotatable bonds is 3. The Morgan fingerprint density at radius 3 is 1.65 bits per heavy atom. The van der Waals surface area contributed by atoms with Gasteiger partial charge in [0.2, 0.25) is 0 Å². The molecule has 0 saturated carbocycles. The van der Waals surface area contributed by atoms with Gasteiger partial charge in [-0.05, 0) is 50.2 Å². The molecule has 0 bridgehead atoms. The minimum absolute atomic E-state index is 0.0658. The Hall–Kier alpha value is -6.58. The third kappa shape index (κ3) is 4.08. The lowest BCUT2D eigenvalue weighted by Gasteiger charge is -2.22. The molecule has 0 aliphatic heterocycles. The molecule has 52 heavy (non-hydrogen) atoms. The smallest absolute Gasteiger partial charge is 0.143 e. The van der Waals surface area contributed by atoms with Gasteiger partial charge in [-0.25, -0.2) is 4.98 Å². The van der Waals surface area contributed by atoms with Crippen LogP contribution in [0.15, 0.2) is 162 Å². The highest BCUT2D eigenvalue weighted by molar-refractivity contribution is 6.23. The summed E-state index contributed by atoms with van der Waals surface area (Å²) in [7, 11) is 0. The van der Waals surface area contributed by atoms with Gasteiger partial charge in [-0.2, -0.15) is 0 Å². The van der Waals surface area contributed by atoms with Crippen LogP contribution in [0.4, 0.5) is 0 Å². The van der Waals surface area contributed by atoms with Crippen molar-refractivity contribution < 1.29 is 4.42 Å². The van der Waals surface area contributed by atoms with Gasteiger partial charge in [0, 0.05) is 43.7 Å². The molecule has 8 aromatic carbocycles. The average Bonchev–Trinajstić information content (AvgIpc) is 3.70. The van der Waals surface area contributed by atoms with Crippen LogP contribution in [0.5, 0.6) is 0 Å². The van der Waals surface area contributed by atoms with E-state index in [1.807, 2.05) is 6.20 Å². The molecule has 1 aliphatic carbocycles. The Morgan fingerprint density at radius 2 is 0.942 bits per heavy atom. The highest BCUT2D eigenvalue weighted by Crippen LogP contribution is 2.50. The molecule has 3 nitrogen and oxygen atoms in total. The largest absolute Gasteiger partial charge is 0.455 e. The van der Waals surface area contributed by atoms with Crippen LogP contribution in [0.1, 0.15) is 25.0 Å². The zero-order chi connectivity index (χ0) is 34.6. The van der Waals surface area contributed by atoms with Crippen LogP contribution in [0.25, 0.3) is 99.2 Å². The van der Waals surface area contributed by atoms with Gasteiger partial charge in [0.1, 0.15) is 11.2 Å². The SMILES string of the molecule is CC1(C)c2ccccc2-c2ccc(-c3cccc4c3oc3c(-c5ccc(-c6cnc7c8ccccc8c8ccccc8c7n6)cc5)cccc34)cc21. The number of hydrogen-bond donors (Lipinski definition) is 0. The molecule has 2 heterocycles. The fraction of sp³-hybridized carbons (Fsp3) is 0.0612. The zero-order valence-electron chi connectivity index (χ0n) is 28.8. The summed E-state index contributed by atoms with van der Waals surface area (Å²) in [6.45, 7) is 4.66. The summed E-state index contributed by atoms with van der Waals surface area (Å²) in [6.07, 6.45) is 1.90. The molecule has 0 unspecified atom stereocenters. The number of hydrogen-bond acceptors (Lipinski definition) is 3. The molecular formula is C49H32N2O. The first kappa shape index (κ1) is 29.2. The predicted octanol–water partition coefficient (Wildman–Crippen LogP) is 13.1. The van der Waals surface area contributed by atoms with Gasteiger partial charge in [-0.1, -0.05) is 159 Å². The number of fused-ring (bicyclic) bond motifs is 12. The molecule has 0 N–H and O–H groups in total.